The van der Waals surface area contributed by atoms with Crippen LogP contribution in [-0.2, 0) is 4.74 Å². The SMILES string of the molecule is CC1(CNc2ccc(Br)cc2)COC1. The molecular weight excluding hydrogens is 242 g/mol. The standard InChI is InChI=1S/C11H14BrNO/c1-11(7-14-8-11)6-13-10-4-2-9(12)3-5-10/h2-5,13H,6-8H2,1H3. The molecule has 0 unspecified atom stereocenters. The van der Waals surface area contributed by atoms with Crippen molar-refractivity contribution in [3.63, 3.8) is 0 Å². The highest BCUT2D eigenvalue weighted by Gasteiger charge is 2.32. The second-order valence-electron chi connectivity index (χ2n) is 4.16. The first-order valence-electron chi connectivity index (χ1n) is 4.75. The molecule has 2 rings (SSSR count). The quantitative estimate of drug-likeness (QED) is 0.897. The van der Waals surface area contributed by atoms with Crippen molar-refractivity contribution in [3.8, 4) is 0 Å². The molecule has 1 aliphatic heterocycles. The fourth-order valence-corrected chi connectivity index (χ4v) is 1.70. The minimum atomic E-state index is 0.326. The highest BCUT2D eigenvalue weighted by atomic mass is 79.9. The lowest BCUT2D eigenvalue weighted by atomic mass is 9.89. The van der Waals surface area contributed by atoms with Gasteiger partial charge in [-0.15, -0.1) is 0 Å². The second-order valence-corrected chi connectivity index (χ2v) is 5.08. The molecule has 0 amide bonds. The fraction of sp³-hybridized carbons (Fsp3) is 0.455. The van der Waals surface area contributed by atoms with Crippen molar-refractivity contribution in [2.75, 3.05) is 25.1 Å². The van der Waals surface area contributed by atoms with Gasteiger partial charge < -0.3 is 10.1 Å². The molecule has 0 radical (unpaired) electrons. The molecule has 76 valence electrons. The van der Waals surface area contributed by atoms with E-state index in [0.717, 1.165) is 24.2 Å². The van der Waals surface area contributed by atoms with E-state index in [0.29, 0.717) is 5.41 Å². The van der Waals surface area contributed by atoms with Gasteiger partial charge in [-0.1, -0.05) is 22.9 Å². The van der Waals surface area contributed by atoms with Crippen LogP contribution in [-0.4, -0.2) is 19.8 Å². The summed E-state index contributed by atoms with van der Waals surface area (Å²) in [4.78, 5) is 0. The van der Waals surface area contributed by atoms with E-state index in [1.807, 2.05) is 12.1 Å². The molecule has 1 aliphatic rings. The van der Waals surface area contributed by atoms with Gasteiger partial charge in [-0.25, -0.2) is 0 Å². The Morgan fingerprint density at radius 3 is 2.50 bits per heavy atom. The molecule has 0 spiro atoms. The predicted octanol–water partition coefficient (Wildman–Crippen LogP) is 2.90. The van der Waals surface area contributed by atoms with E-state index in [4.69, 9.17) is 4.74 Å². The summed E-state index contributed by atoms with van der Waals surface area (Å²) in [6, 6.07) is 8.24. The maximum atomic E-state index is 5.20. The molecule has 2 nitrogen and oxygen atoms in total. The van der Waals surface area contributed by atoms with Crippen LogP contribution in [0.5, 0.6) is 0 Å². The first-order valence-corrected chi connectivity index (χ1v) is 5.54. The van der Waals surface area contributed by atoms with Gasteiger partial charge in [0.2, 0.25) is 0 Å². The Balaban J connectivity index is 1.88. The summed E-state index contributed by atoms with van der Waals surface area (Å²) in [7, 11) is 0. The van der Waals surface area contributed by atoms with Gasteiger partial charge in [-0.2, -0.15) is 0 Å². The van der Waals surface area contributed by atoms with Gasteiger partial charge in [0.15, 0.2) is 0 Å². The molecule has 1 N–H and O–H groups in total. The maximum absolute atomic E-state index is 5.20. The van der Waals surface area contributed by atoms with Crippen molar-refractivity contribution in [1.82, 2.24) is 0 Å². The van der Waals surface area contributed by atoms with Crippen molar-refractivity contribution < 1.29 is 4.74 Å². The zero-order chi connectivity index (χ0) is 10.0. The zero-order valence-corrected chi connectivity index (χ0v) is 9.80. The summed E-state index contributed by atoms with van der Waals surface area (Å²) < 4.78 is 6.31. The van der Waals surface area contributed by atoms with Gasteiger partial charge in [-0.05, 0) is 24.3 Å². The minimum absolute atomic E-state index is 0.326. The summed E-state index contributed by atoms with van der Waals surface area (Å²) in [5, 5.41) is 3.41. The molecule has 0 aliphatic carbocycles. The third-order valence-corrected chi connectivity index (χ3v) is 2.99. The Morgan fingerprint density at radius 2 is 2.00 bits per heavy atom. The zero-order valence-electron chi connectivity index (χ0n) is 8.22. The van der Waals surface area contributed by atoms with Crippen LogP contribution in [0, 0.1) is 5.41 Å². The lowest BCUT2D eigenvalue weighted by molar-refractivity contribution is -0.0924. The van der Waals surface area contributed by atoms with Crippen LogP contribution in [0.4, 0.5) is 5.69 Å². The third-order valence-electron chi connectivity index (χ3n) is 2.46. The Morgan fingerprint density at radius 1 is 1.36 bits per heavy atom. The van der Waals surface area contributed by atoms with E-state index >= 15 is 0 Å². The highest BCUT2D eigenvalue weighted by Crippen LogP contribution is 2.26. The van der Waals surface area contributed by atoms with Crippen molar-refractivity contribution in [2.24, 2.45) is 5.41 Å². The van der Waals surface area contributed by atoms with Crippen LogP contribution in [0.15, 0.2) is 28.7 Å². The number of halogens is 1. The largest absolute Gasteiger partial charge is 0.384 e. The summed E-state index contributed by atoms with van der Waals surface area (Å²) >= 11 is 3.41. The maximum Gasteiger partial charge on any atom is 0.0559 e. The number of rotatable bonds is 3. The van der Waals surface area contributed by atoms with Gasteiger partial charge in [0.25, 0.3) is 0 Å². The molecule has 0 saturated carbocycles. The van der Waals surface area contributed by atoms with Gasteiger partial charge in [-0.3, -0.25) is 0 Å². The summed E-state index contributed by atoms with van der Waals surface area (Å²) in [6.07, 6.45) is 0. The average molecular weight is 256 g/mol. The van der Waals surface area contributed by atoms with Crippen LogP contribution in [0.1, 0.15) is 6.92 Å². The summed E-state index contributed by atoms with van der Waals surface area (Å²) in [5.41, 5.74) is 1.49. The fourth-order valence-electron chi connectivity index (χ4n) is 1.44. The van der Waals surface area contributed by atoms with Crippen molar-refractivity contribution >= 4 is 21.6 Å². The van der Waals surface area contributed by atoms with Gasteiger partial charge in [0.1, 0.15) is 0 Å². The number of hydrogen-bond donors (Lipinski definition) is 1. The molecule has 0 atom stereocenters. The molecule has 0 aromatic heterocycles. The number of nitrogens with one attached hydrogen (secondary N) is 1. The Hall–Kier alpha value is -0.540. The van der Waals surface area contributed by atoms with E-state index in [1.165, 1.54) is 5.69 Å². The number of benzene rings is 1. The lowest BCUT2D eigenvalue weighted by Crippen LogP contribution is -2.45. The first-order chi connectivity index (χ1) is 6.68. The van der Waals surface area contributed by atoms with E-state index in [-0.39, 0.29) is 0 Å². The average Bonchev–Trinajstić information content (AvgIpc) is 2.14. The van der Waals surface area contributed by atoms with Crippen molar-refractivity contribution in [1.29, 1.82) is 0 Å². The molecular formula is C11H14BrNO. The van der Waals surface area contributed by atoms with Gasteiger partial charge >= 0.3 is 0 Å². The molecule has 3 heteroatoms. The van der Waals surface area contributed by atoms with E-state index in [9.17, 15) is 0 Å². The van der Waals surface area contributed by atoms with Crippen molar-refractivity contribution in [3.05, 3.63) is 28.7 Å². The van der Waals surface area contributed by atoms with E-state index in [2.05, 4.69) is 40.3 Å². The van der Waals surface area contributed by atoms with E-state index in [1.54, 1.807) is 0 Å². The highest BCUT2D eigenvalue weighted by molar-refractivity contribution is 9.10. The molecule has 1 heterocycles. The molecule has 14 heavy (non-hydrogen) atoms. The van der Waals surface area contributed by atoms with Crippen LogP contribution < -0.4 is 5.32 Å². The van der Waals surface area contributed by atoms with Crippen LogP contribution in [0.2, 0.25) is 0 Å². The Kier molecular flexibility index (Phi) is 2.79. The van der Waals surface area contributed by atoms with Crippen LogP contribution in [0.25, 0.3) is 0 Å². The van der Waals surface area contributed by atoms with Gasteiger partial charge in [0.05, 0.1) is 13.2 Å². The normalized spacial score (nSPS) is 18.7. The molecule has 1 aromatic carbocycles. The monoisotopic (exact) mass is 255 g/mol. The van der Waals surface area contributed by atoms with Gasteiger partial charge in [0, 0.05) is 22.1 Å². The van der Waals surface area contributed by atoms with Crippen LogP contribution in [0.3, 0.4) is 0 Å². The Bertz CT molecular complexity index is 306. The smallest absolute Gasteiger partial charge is 0.0559 e. The van der Waals surface area contributed by atoms with Crippen molar-refractivity contribution in [2.45, 2.75) is 6.92 Å². The molecule has 1 aromatic rings. The topological polar surface area (TPSA) is 21.3 Å². The lowest BCUT2D eigenvalue weighted by Gasteiger charge is -2.38. The number of hydrogen-bond acceptors (Lipinski definition) is 2. The molecule has 0 bridgehead atoms. The molecule has 1 saturated heterocycles. The Labute approximate surface area is 92.8 Å². The first kappa shape index (κ1) is 9.99. The van der Waals surface area contributed by atoms with E-state index < -0.39 is 0 Å². The number of anilines is 1. The minimum Gasteiger partial charge on any atom is -0.384 e. The van der Waals surface area contributed by atoms with Crippen LogP contribution >= 0.6 is 15.9 Å². The predicted molar refractivity (Wildman–Crippen MR) is 61.6 cm³/mol. The molecule has 1 fully saturated rings. The summed E-state index contributed by atoms with van der Waals surface area (Å²) in [6.45, 7) is 4.96. The second kappa shape index (κ2) is 3.91. The number of ether oxygens (including phenoxy) is 1. The summed E-state index contributed by atoms with van der Waals surface area (Å²) in [5.74, 6) is 0. The third kappa shape index (κ3) is 2.28.